The largest absolute Gasteiger partial charge is 0.410 e. The van der Waals surface area contributed by atoms with Crippen LogP contribution in [0.5, 0.6) is 0 Å². The Balaban J connectivity index is 1.60. The SMILES string of the molecule is Cc1ccc([C@@H]2C[C@H](C(F)(F)F)n3ncc(C(=O)NC[C@H]4CCCO4)c3N2)cc1. The second-order valence-corrected chi connectivity index (χ2v) is 7.60. The first-order valence-corrected chi connectivity index (χ1v) is 9.70. The van der Waals surface area contributed by atoms with Crippen molar-refractivity contribution in [2.24, 2.45) is 0 Å². The number of carbonyl (C=O) groups is 1. The van der Waals surface area contributed by atoms with Gasteiger partial charge in [-0.15, -0.1) is 0 Å². The minimum atomic E-state index is -4.47. The molecule has 9 heteroatoms. The number of benzene rings is 1. The Morgan fingerprint density at radius 3 is 2.76 bits per heavy atom. The van der Waals surface area contributed by atoms with Gasteiger partial charge in [-0.1, -0.05) is 29.8 Å². The molecular formula is C20H23F3N4O2. The third kappa shape index (κ3) is 4.10. The fourth-order valence-electron chi connectivity index (χ4n) is 3.85. The highest BCUT2D eigenvalue weighted by molar-refractivity contribution is 5.98. The van der Waals surface area contributed by atoms with Gasteiger partial charge in [0, 0.05) is 19.6 Å². The maximum atomic E-state index is 13.7. The van der Waals surface area contributed by atoms with Crippen molar-refractivity contribution in [2.45, 2.75) is 50.6 Å². The van der Waals surface area contributed by atoms with E-state index in [9.17, 15) is 18.0 Å². The Bertz CT molecular complexity index is 873. The number of fused-ring (bicyclic) bond motifs is 1. The molecule has 1 aromatic heterocycles. The Kier molecular flexibility index (Phi) is 5.24. The summed E-state index contributed by atoms with van der Waals surface area (Å²) >= 11 is 0. The summed E-state index contributed by atoms with van der Waals surface area (Å²) in [5, 5.41) is 9.74. The van der Waals surface area contributed by atoms with E-state index in [1.807, 2.05) is 31.2 Å². The molecule has 29 heavy (non-hydrogen) atoms. The van der Waals surface area contributed by atoms with Crippen LogP contribution in [0.25, 0.3) is 0 Å². The summed E-state index contributed by atoms with van der Waals surface area (Å²) in [4.78, 5) is 12.6. The molecule has 0 saturated carbocycles. The third-order valence-corrected chi connectivity index (χ3v) is 5.48. The maximum Gasteiger partial charge on any atom is 0.410 e. The molecule has 3 atom stereocenters. The molecule has 1 amide bonds. The molecule has 1 aromatic carbocycles. The zero-order valence-corrected chi connectivity index (χ0v) is 16.0. The van der Waals surface area contributed by atoms with Crippen LogP contribution >= 0.6 is 0 Å². The molecule has 0 radical (unpaired) electrons. The van der Waals surface area contributed by atoms with Crippen LogP contribution in [0.4, 0.5) is 19.0 Å². The number of carbonyl (C=O) groups excluding carboxylic acids is 1. The molecule has 0 bridgehead atoms. The van der Waals surface area contributed by atoms with Gasteiger partial charge in [0.15, 0.2) is 6.04 Å². The number of anilines is 1. The van der Waals surface area contributed by atoms with Crippen molar-refractivity contribution >= 4 is 11.7 Å². The molecule has 2 aliphatic heterocycles. The van der Waals surface area contributed by atoms with Crippen LogP contribution in [-0.2, 0) is 4.74 Å². The van der Waals surface area contributed by atoms with Gasteiger partial charge in [0.25, 0.3) is 5.91 Å². The van der Waals surface area contributed by atoms with Gasteiger partial charge < -0.3 is 15.4 Å². The molecule has 4 rings (SSSR count). The zero-order valence-electron chi connectivity index (χ0n) is 16.0. The molecule has 0 aliphatic carbocycles. The lowest BCUT2D eigenvalue weighted by atomic mass is 9.96. The van der Waals surface area contributed by atoms with Gasteiger partial charge in [-0.2, -0.15) is 18.3 Å². The van der Waals surface area contributed by atoms with Crippen molar-refractivity contribution in [2.75, 3.05) is 18.5 Å². The summed E-state index contributed by atoms with van der Waals surface area (Å²) in [6.45, 7) is 2.91. The number of ether oxygens (including phenoxy) is 1. The summed E-state index contributed by atoms with van der Waals surface area (Å²) in [6.07, 6.45) is -1.73. The van der Waals surface area contributed by atoms with Gasteiger partial charge in [0.05, 0.1) is 18.3 Å². The van der Waals surface area contributed by atoms with Crippen molar-refractivity contribution < 1.29 is 22.7 Å². The van der Waals surface area contributed by atoms with E-state index in [4.69, 9.17) is 4.74 Å². The summed E-state index contributed by atoms with van der Waals surface area (Å²) in [5.41, 5.74) is 1.87. The normalized spacial score (nSPS) is 24.1. The number of nitrogens with one attached hydrogen (secondary N) is 2. The van der Waals surface area contributed by atoms with Crippen LogP contribution in [0.3, 0.4) is 0 Å². The molecule has 2 aromatic rings. The van der Waals surface area contributed by atoms with E-state index in [-0.39, 0.29) is 23.9 Å². The fourth-order valence-corrected chi connectivity index (χ4v) is 3.85. The lowest BCUT2D eigenvalue weighted by molar-refractivity contribution is -0.173. The molecule has 2 N–H and O–H groups in total. The van der Waals surface area contributed by atoms with E-state index in [0.717, 1.165) is 28.7 Å². The summed E-state index contributed by atoms with van der Waals surface area (Å²) in [7, 11) is 0. The van der Waals surface area contributed by atoms with Crippen LogP contribution in [-0.4, -0.2) is 41.1 Å². The standard InChI is InChI=1S/C20H23F3N4O2/c1-12-4-6-13(7-5-12)16-9-17(20(21,22)23)27-18(26-16)15(11-25-27)19(28)24-10-14-3-2-8-29-14/h4-7,11,14,16-17,26H,2-3,8-10H2,1H3,(H,24,28)/t14-,16+,17-/m1/s1. The van der Waals surface area contributed by atoms with E-state index >= 15 is 0 Å². The minimum Gasteiger partial charge on any atom is -0.376 e. The number of hydrogen-bond acceptors (Lipinski definition) is 4. The first-order valence-electron chi connectivity index (χ1n) is 9.70. The number of nitrogens with zero attached hydrogens (tertiary/aromatic N) is 2. The number of rotatable bonds is 4. The van der Waals surface area contributed by atoms with E-state index in [0.29, 0.717) is 13.2 Å². The monoisotopic (exact) mass is 408 g/mol. The van der Waals surface area contributed by atoms with Gasteiger partial charge in [0.1, 0.15) is 11.4 Å². The van der Waals surface area contributed by atoms with Gasteiger partial charge >= 0.3 is 6.18 Å². The number of amides is 1. The Hall–Kier alpha value is -2.55. The Morgan fingerprint density at radius 2 is 2.10 bits per heavy atom. The maximum absolute atomic E-state index is 13.7. The summed E-state index contributed by atoms with van der Waals surface area (Å²) in [5.74, 6) is -0.367. The van der Waals surface area contributed by atoms with Crippen molar-refractivity contribution in [3.8, 4) is 0 Å². The van der Waals surface area contributed by atoms with E-state index in [2.05, 4.69) is 15.7 Å². The predicted octanol–water partition coefficient (Wildman–Crippen LogP) is 3.76. The Morgan fingerprint density at radius 1 is 1.34 bits per heavy atom. The number of alkyl halides is 3. The van der Waals surface area contributed by atoms with Crippen molar-refractivity contribution in [3.05, 3.63) is 47.2 Å². The van der Waals surface area contributed by atoms with Crippen molar-refractivity contribution in [1.29, 1.82) is 0 Å². The first kappa shape index (κ1) is 19.8. The first-order chi connectivity index (χ1) is 13.8. The molecule has 1 saturated heterocycles. The number of hydrogen-bond donors (Lipinski definition) is 2. The van der Waals surface area contributed by atoms with Gasteiger partial charge in [-0.25, -0.2) is 4.68 Å². The van der Waals surface area contributed by atoms with Gasteiger partial charge in [0.2, 0.25) is 0 Å². The second kappa shape index (κ2) is 7.70. The zero-order chi connectivity index (χ0) is 20.6. The van der Waals surface area contributed by atoms with Crippen LogP contribution in [0.2, 0.25) is 0 Å². The molecule has 1 fully saturated rings. The smallest absolute Gasteiger partial charge is 0.376 e. The van der Waals surface area contributed by atoms with Gasteiger partial charge in [-0.3, -0.25) is 4.79 Å². The minimum absolute atomic E-state index is 0.0541. The van der Waals surface area contributed by atoms with Crippen LogP contribution in [0.15, 0.2) is 30.5 Å². The molecule has 3 heterocycles. The average Bonchev–Trinajstić information content (AvgIpc) is 3.35. The summed E-state index contributed by atoms with van der Waals surface area (Å²) < 4.78 is 47.6. The third-order valence-electron chi connectivity index (χ3n) is 5.48. The quantitative estimate of drug-likeness (QED) is 0.808. The van der Waals surface area contributed by atoms with Crippen molar-refractivity contribution in [1.82, 2.24) is 15.1 Å². The molecular weight excluding hydrogens is 385 g/mol. The Labute approximate surface area is 166 Å². The fraction of sp³-hybridized carbons (Fsp3) is 0.500. The molecule has 0 unspecified atom stereocenters. The van der Waals surface area contributed by atoms with Crippen LogP contribution in [0, 0.1) is 6.92 Å². The van der Waals surface area contributed by atoms with Crippen molar-refractivity contribution in [3.63, 3.8) is 0 Å². The highest BCUT2D eigenvalue weighted by atomic mass is 19.4. The average molecular weight is 408 g/mol. The highest BCUT2D eigenvalue weighted by Crippen LogP contribution is 2.44. The van der Waals surface area contributed by atoms with E-state index in [1.165, 1.54) is 6.20 Å². The molecule has 6 nitrogen and oxygen atoms in total. The molecule has 156 valence electrons. The van der Waals surface area contributed by atoms with E-state index < -0.39 is 24.2 Å². The molecule has 0 spiro atoms. The lowest BCUT2D eigenvalue weighted by Crippen LogP contribution is -2.37. The van der Waals surface area contributed by atoms with E-state index in [1.54, 1.807) is 0 Å². The highest BCUT2D eigenvalue weighted by Gasteiger charge is 2.47. The van der Waals surface area contributed by atoms with Crippen LogP contribution in [0.1, 0.15) is 52.8 Å². The second-order valence-electron chi connectivity index (χ2n) is 7.60. The van der Waals surface area contributed by atoms with Crippen LogP contribution < -0.4 is 10.6 Å². The topological polar surface area (TPSA) is 68.2 Å². The lowest BCUT2D eigenvalue weighted by Gasteiger charge is -2.34. The number of aromatic nitrogens is 2. The predicted molar refractivity (Wildman–Crippen MR) is 101 cm³/mol. The number of aryl methyl sites for hydroxylation is 1. The molecule has 2 aliphatic rings. The van der Waals surface area contributed by atoms with Gasteiger partial charge in [-0.05, 0) is 25.3 Å². The number of halogens is 3. The summed E-state index contributed by atoms with van der Waals surface area (Å²) in [6, 6.07) is 4.97.